The van der Waals surface area contributed by atoms with Crippen LogP contribution in [0.15, 0.2) is 0 Å². The minimum atomic E-state index is -0.866. The molecule has 0 spiro atoms. The van der Waals surface area contributed by atoms with Gasteiger partial charge < -0.3 is 16.2 Å². The van der Waals surface area contributed by atoms with Gasteiger partial charge in [-0.1, -0.05) is 0 Å². The lowest BCUT2D eigenvalue weighted by Gasteiger charge is -2.17. The fourth-order valence-electron chi connectivity index (χ4n) is 0.682. The van der Waals surface area contributed by atoms with Gasteiger partial charge >= 0.3 is 0 Å². The summed E-state index contributed by atoms with van der Waals surface area (Å²) >= 11 is 1.47. The number of thioether (sulfide) groups is 1. The monoisotopic (exact) mass is 192 g/mol. The molecule has 0 aromatic carbocycles. The van der Waals surface area contributed by atoms with Gasteiger partial charge in [0.1, 0.15) is 12.0 Å². The van der Waals surface area contributed by atoms with Crippen LogP contribution in [0.1, 0.15) is 6.92 Å². The van der Waals surface area contributed by atoms with Crippen LogP contribution in [0, 0.1) is 0 Å². The maximum Gasteiger partial charge on any atom is 0.139 e. The summed E-state index contributed by atoms with van der Waals surface area (Å²) in [5.74, 6) is 1.26. The van der Waals surface area contributed by atoms with Crippen LogP contribution in [0.4, 0.5) is 0 Å². The predicted molar refractivity (Wildman–Crippen MR) is 51.0 cm³/mol. The molecule has 12 heavy (non-hydrogen) atoms. The molecule has 0 saturated carbocycles. The van der Waals surface area contributed by atoms with Crippen molar-refractivity contribution in [2.45, 2.75) is 19.2 Å². The second-order valence-corrected chi connectivity index (χ2v) is 3.63. The van der Waals surface area contributed by atoms with E-state index in [0.717, 1.165) is 0 Å². The lowest BCUT2D eigenvalue weighted by Crippen LogP contribution is -2.45. The van der Waals surface area contributed by atoms with Gasteiger partial charge in [-0.15, -0.1) is 0 Å². The number of ketones is 1. The van der Waals surface area contributed by atoms with Crippen molar-refractivity contribution in [3.05, 3.63) is 0 Å². The zero-order valence-electron chi connectivity index (χ0n) is 7.41. The molecule has 0 rings (SSSR count). The van der Waals surface area contributed by atoms with Crippen LogP contribution in [-0.2, 0) is 4.79 Å². The molecular weight excluding hydrogens is 176 g/mol. The molecule has 0 saturated heterocycles. The minimum absolute atomic E-state index is 0.140. The van der Waals surface area contributed by atoms with Crippen molar-refractivity contribution in [1.82, 2.24) is 5.32 Å². The Morgan fingerprint density at radius 2 is 2.33 bits per heavy atom. The molecular formula is C7H16N2O2S. The summed E-state index contributed by atoms with van der Waals surface area (Å²) in [6.07, 6.45) is -0.866. The third-order valence-corrected chi connectivity index (χ3v) is 2.59. The van der Waals surface area contributed by atoms with E-state index in [4.69, 9.17) is 10.8 Å². The number of rotatable bonds is 6. The summed E-state index contributed by atoms with van der Waals surface area (Å²) in [4.78, 5) is 10.5. The number of nitrogens with one attached hydrogen (secondary N) is 1. The van der Waals surface area contributed by atoms with Crippen LogP contribution >= 0.6 is 11.8 Å². The molecule has 0 aliphatic carbocycles. The van der Waals surface area contributed by atoms with Crippen LogP contribution in [-0.4, -0.2) is 41.7 Å². The van der Waals surface area contributed by atoms with Crippen molar-refractivity contribution < 1.29 is 9.90 Å². The molecule has 2 atom stereocenters. The van der Waals surface area contributed by atoms with Crippen LogP contribution in [0.3, 0.4) is 0 Å². The van der Waals surface area contributed by atoms with Crippen molar-refractivity contribution in [1.29, 1.82) is 0 Å². The van der Waals surface area contributed by atoms with E-state index >= 15 is 0 Å². The van der Waals surface area contributed by atoms with Gasteiger partial charge in [-0.05, 0) is 14.0 Å². The summed E-state index contributed by atoms with van der Waals surface area (Å²) in [5, 5.41) is 11.9. The number of aliphatic hydroxyl groups is 1. The molecule has 0 radical (unpaired) electrons. The number of carbonyl (C=O) groups is 1. The summed E-state index contributed by atoms with van der Waals surface area (Å²) in [6, 6.07) is -0.144. The van der Waals surface area contributed by atoms with Crippen molar-refractivity contribution >= 4 is 17.5 Å². The number of aliphatic hydroxyl groups excluding tert-OH is 1. The highest BCUT2D eigenvalue weighted by atomic mass is 32.2. The van der Waals surface area contributed by atoms with E-state index < -0.39 is 6.23 Å². The number of hydrogen-bond donors (Lipinski definition) is 3. The Morgan fingerprint density at radius 3 is 2.67 bits per heavy atom. The highest BCUT2D eigenvalue weighted by Crippen LogP contribution is 2.03. The summed E-state index contributed by atoms with van der Waals surface area (Å²) in [6.45, 7) is 1.54. The zero-order chi connectivity index (χ0) is 9.56. The Morgan fingerprint density at radius 1 is 1.75 bits per heavy atom. The number of Topliss-reactive ketones (excluding diaryl/α,β-unsaturated/α-hetero) is 1. The van der Waals surface area contributed by atoms with Crippen molar-refractivity contribution in [2.24, 2.45) is 5.73 Å². The Labute approximate surface area is 76.9 Å². The van der Waals surface area contributed by atoms with E-state index in [1.165, 1.54) is 11.8 Å². The van der Waals surface area contributed by atoms with Crippen LogP contribution < -0.4 is 11.1 Å². The Bertz CT molecular complexity index is 141. The first-order valence-corrected chi connectivity index (χ1v) is 4.91. The third kappa shape index (κ3) is 5.54. The van der Waals surface area contributed by atoms with Gasteiger partial charge in [-0.25, -0.2) is 0 Å². The number of carbonyl (C=O) groups excluding carboxylic acids is 1. The third-order valence-electron chi connectivity index (χ3n) is 1.39. The molecule has 0 fully saturated rings. The molecule has 0 aliphatic heterocycles. The highest BCUT2D eigenvalue weighted by molar-refractivity contribution is 8.00. The molecule has 4 nitrogen and oxygen atoms in total. The Hall–Kier alpha value is -0.100. The van der Waals surface area contributed by atoms with Gasteiger partial charge in [0.05, 0.1) is 11.8 Å². The normalized spacial score (nSPS) is 15.7. The van der Waals surface area contributed by atoms with E-state index in [1.807, 2.05) is 0 Å². The summed E-state index contributed by atoms with van der Waals surface area (Å²) in [5.41, 5.74) is 5.26. The quantitative estimate of drug-likeness (QED) is 0.479. The van der Waals surface area contributed by atoms with E-state index in [0.29, 0.717) is 11.5 Å². The van der Waals surface area contributed by atoms with Gasteiger partial charge in [0.25, 0.3) is 0 Å². The fourth-order valence-corrected chi connectivity index (χ4v) is 1.71. The van der Waals surface area contributed by atoms with Gasteiger partial charge in [0.2, 0.25) is 0 Å². The topological polar surface area (TPSA) is 75.4 Å². The molecule has 0 bridgehead atoms. The van der Waals surface area contributed by atoms with Crippen molar-refractivity contribution in [3.63, 3.8) is 0 Å². The molecule has 0 heterocycles. The second-order valence-electron chi connectivity index (χ2n) is 2.60. The Balaban J connectivity index is 3.51. The highest BCUT2D eigenvalue weighted by Gasteiger charge is 2.12. The van der Waals surface area contributed by atoms with Gasteiger partial charge in [0.15, 0.2) is 0 Å². The average Bonchev–Trinajstić information content (AvgIpc) is 1.96. The van der Waals surface area contributed by atoms with Crippen molar-refractivity contribution in [2.75, 3.05) is 18.6 Å². The molecule has 2 unspecified atom stereocenters. The lowest BCUT2D eigenvalue weighted by atomic mass is 10.3. The molecule has 5 heteroatoms. The van der Waals surface area contributed by atoms with Crippen LogP contribution in [0.2, 0.25) is 0 Å². The first-order chi connectivity index (χ1) is 5.57. The maximum atomic E-state index is 10.5. The Kier molecular flexibility index (Phi) is 6.37. The standard InChI is InChI=1S/C7H16N2O2S/c1-5(10)3-12-4-6(9-2)7(8)11/h6-7,9,11H,3-4,8H2,1-2H3. The smallest absolute Gasteiger partial charge is 0.139 e. The van der Waals surface area contributed by atoms with E-state index in [-0.39, 0.29) is 11.8 Å². The second kappa shape index (κ2) is 6.42. The van der Waals surface area contributed by atoms with E-state index in [9.17, 15) is 4.79 Å². The number of hydrogen-bond acceptors (Lipinski definition) is 5. The van der Waals surface area contributed by atoms with E-state index in [2.05, 4.69) is 5.32 Å². The summed E-state index contributed by atoms with van der Waals surface area (Å²) < 4.78 is 0. The minimum Gasteiger partial charge on any atom is -0.377 e. The molecule has 0 amide bonds. The molecule has 0 aromatic rings. The molecule has 0 aromatic heterocycles. The van der Waals surface area contributed by atoms with Crippen LogP contribution in [0.25, 0.3) is 0 Å². The van der Waals surface area contributed by atoms with Crippen LogP contribution in [0.5, 0.6) is 0 Å². The van der Waals surface area contributed by atoms with Gasteiger partial charge in [0, 0.05) is 5.75 Å². The largest absolute Gasteiger partial charge is 0.377 e. The SMILES string of the molecule is CNC(CSCC(C)=O)C(N)O. The molecule has 0 aliphatic rings. The summed E-state index contributed by atoms with van der Waals surface area (Å²) in [7, 11) is 1.73. The number of nitrogens with two attached hydrogens (primary N) is 1. The predicted octanol–water partition coefficient (Wildman–Crippen LogP) is -0.826. The number of likely N-dealkylation sites (N-methyl/N-ethyl adjacent to an activating group) is 1. The lowest BCUT2D eigenvalue weighted by molar-refractivity contribution is -0.114. The van der Waals surface area contributed by atoms with Gasteiger partial charge in [-0.2, -0.15) is 11.8 Å². The molecule has 72 valence electrons. The average molecular weight is 192 g/mol. The first-order valence-electron chi connectivity index (χ1n) is 3.76. The zero-order valence-corrected chi connectivity index (χ0v) is 8.23. The van der Waals surface area contributed by atoms with E-state index in [1.54, 1.807) is 14.0 Å². The van der Waals surface area contributed by atoms with Gasteiger partial charge in [-0.3, -0.25) is 4.79 Å². The molecule has 4 N–H and O–H groups in total. The van der Waals surface area contributed by atoms with Crippen molar-refractivity contribution in [3.8, 4) is 0 Å². The maximum absolute atomic E-state index is 10.5. The fraction of sp³-hybridized carbons (Fsp3) is 0.857. The first kappa shape index (κ1) is 11.9.